The topological polar surface area (TPSA) is 52.6 Å². The van der Waals surface area contributed by atoms with Crippen molar-refractivity contribution in [3.05, 3.63) is 100 Å². The standard InChI is InChI=1S/C74H102O4/c1-77-73(75)71-67(51-35-19-7-20-36-51)61-45-57-58(46-62(61)68(72(71)74(76)78-2)52-37-21-8-22-38-52)64(48-29-13-4-14-30-48)56-44-60-59(43-55(56)63(57)47-27-11-3-12-28-47)65(49-31-15-5-16-32-49)69(53-39-23-9-24-40-53)70(54-41-25-10-26-42-54)66(60)50-33-17-6-18-34-50/h47-54H,3-46H2,1-2H3. The Morgan fingerprint density at radius 3 is 0.615 bits per heavy atom. The van der Waals surface area contributed by atoms with Crippen LogP contribution >= 0.6 is 0 Å². The summed E-state index contributed by atoms with van der Waals surface area (Å²) in [6.45, 7) is 0. The molecular weight excluding hydrogens is 953 g/mol. The van der Waals surface area contributed by atoms with E-state index in [0.717, 1.165) is 50.4 Å². The Kier molecular flexibility index (Phi) is 16.7. The lowest BCUT2D eigenvalue weighted by Crippen LogP contribution is -2.31. The van der Waals surface area contributed by atoms with Crippen LogP contribution in [0.3, 0.4) is 0 Å². The fourth-order valence-electron chi connectivity index (χ4n) is 20.6. The second kappa shape index (κ2) is 24.2. The van der Waals surface area contributed by atoms with E-state index in [1.807, 2.05) is 55.6 Å². The number of rotatable bonds is 10. The van der Waals surface area contributed by atoms with E-state index >= 15 is 0 Å². The summed E-state index contributed by atoms with van der Waals surface area (Å²) in [6, 6.07) is 0. The van der Waals surface area contributed by atoms with Gasteiger partial charge in [0.2, 0.25) is 0 Å². The zero-order valence-electron chi connectivity index (χ0n) is 49.4. The number of carbonyl (C=O) groups excluding carboxylic acids is 2. The number of hydrogen-bond donors (Lipinski definition) is 0. The van der Waals surface area contributed by atoms with Gasteiger partial charge >= 0.3 is 11.9 Å². The molecule has 0 spiro atoms. The van der Waals surface area contributed by atoms with Gasteiger partial charge in [-0.2, -0.15) is 0 Å². The number of hydrogen-bond acceptors (Lipinski definition) is 4. The van der Waals surface area contributed by atoms with E-state index in [0.29, 0.717) is 34.8 Å². The van der Waals surface area contributed by atoms with Gasteiger partial charge in [-0.05, 0) is 265 Å². The lowest BCUT2D eigenvalue weighted by molar-refractivity contribution is 0.0551. The third-order valence-electron chi connectivity index (χ3n) is 24.0. The zero-order valence-corrected chi connectivity index (χ0v) is 49.4. The van der Waals surface area contributed by atoms with Crippen molar-refractivity contribution < 1.29 is 19.1 Å². The molecule has 0 saturated heterocycles. The average Bonchev–Trinajstić information content (AvgIpc) is 3.60. The van der Waals surface area contributed by atoms with E-state index in [1.165, 1.54) is 266 Å². The molecule has 3 aromatic carbocycles. The quantitative estimate of drug-likeness (QED) is 0.131. The number of benzene rings is 3. The molecule has 10 aliphatic rings. The fourth-order valence-corrected chi connectivity index (χ4v) is 20.6. The van der Waals surface area contributed by atoms with Gasteiger partial charge in [0.1, 0.15) is 0 Å². The van der Waals surface area contributed by atoms with Crippen molar-refractivity contribution in [2.75, 3.05) is 14.2 Å². The highest BCUT2D eigenvalue weighted by Gasteiger charge is 2.45. The molecule has 422 valence electrons. The molecule has 0 bridgehead atoms. The highest BCUT2D eigenvalue weighted by atomic mass is 16.5. The van der Waals surface area contributed by atoms with Crippen LogP contribution in [0.2, 0.25) is 0 Å². The van der Waals surface area contributed by atoms with Gasteiger partial charge in [0.05, 0.1) is 25.3 Å². The first kappa shape index (κ1) is 53.9. The van der Waals surface area contributed by atoms with Gasteiger partial charge in [0, 0.05) is 0 Å². The predicted molar refractivity (Wildman–Crippen MR) is 320 cm³/mol. The van der Waals surface area contributed by atoms with Gasteiger partial charge < -0.3 is 9.47 Å². The summed E-state index contributed by atoms with van der Waals surface area (Å²) in [4.78, 5) is 29.8. The highest BCUT2D eigenvalue weighted by molar-refractivity contribution is 6.06. The number of methoxy groups -OCH3 is 2. The van der Waals surface area contributed by atoms with Gasteiger partial charge in [-0.3, -0.25) is 0 Å². The molecule has 0 N–H and O–H groups in total. The average molecular weight is 1060 g/mol. The molecule has 4 nitrogen and oxygen atoms in total. The van der Waals surface area contributed by atoms with Crippen molar-refractivity contribution in [1.82, 2.24) is 0 Å². The van der Waals surface area contributed by atoms with Gasteiger partial charge in [0.25, 0.3) is 0 Å². The van der Waals surface area contributed by atoms with Crippen molar-refractivity contribution in [2.24, 2.45) is 0 Å². The third kappa shape index (κ3) is 10.0. The Hall–Kier alpha value is -3.40. The van der Waals surface area contributed by atoms with Crippen LogP contribution in [-0.2, 0) is 35.2 Å². The van der Waals surface area contributed by atoms with Gasteiger partial charge in [-0.15, -0.1) is 0 Å². The predicted octanol–water partition coefficient (Wildman–Crippen LogP) is 20.6. The maximum Gasteiger partial charge on any atom is 0.339 e. The van der Waals surface area contributed by atoms with Crippen LogP contribution in [0.25, 0.3) is 0 Å². The summed E-state index contributed by atoms with van der Waals surface area (Å²) in [7, 11) is 3.12. The van der Waals surface area contributed by atoms with Gasteiger partial charge in [-0.1, -0.05) is 154 Å². The third-order valence-corrected chi connectivity index (χ3v) is 24.0. The monoisotopic (exact) mass is 1050 g/mol. The maximum absolute atomic E-state index is 14.9. The lowest BCUT2D eigenvalue weighted by atomic mass is 9.60. The van der Waals surface area contributed by atoms with E-state index in [9.17, 15) is 9.59 Å². The summed E-state index contributed by atoms with van der Waals surface area (Å²) in [5.41, 5.74) is 28.9. The molecular formula is C74H102O4. The molecule has 8 saturated carbocycles. The minimum atomic E-state index is -0.315. The number of ether oxygens (including phenoxy) is 2. The largest absolute Gasteiger partial charge is 0.465 e. The smallest absolute Gasteiger partial charge is 0.339 e. The molecule has 0 aliphatic heterocycles. The van der Waals surface area contributed by atoms with Crippen molar-refractivity contribution in [3.63, 3.8) is 0 Å². The summed E-state index contributed by atoms with van der Waals surface area (Å²) < 4.78 is 11.8. The van der Waals surface area contributed by atoms with Gasteiger partial charge in [0.15, 0.2) is 0 Å². The molecule has 78 heavy (non-hydrogen) atoms. The van der Waals surface area contributed by atoms with Crippen LogP contribution in [0.15, 0.2) is 0 Å². The van der Waals surface area contributed by atoms with Crippen molar-refractivity contribution in [3.8, 4) is 0 Å². The molecule has 0 heterocycles. The van der Waals surface area contributed by atoms with E-state index < -0.39 is 0 Å². The SMILES string of the molecule is COC(=O)c1c(C(=O)OC)c(C2CCCCC2)c2c(c1C1CCCCC1)Cc1c(c(C3CCCCC3)c3c(c1C1CCCCC1)Cc1c(c(C4CCCCC4)c(C4CCCCC4)c(C4CCCCC4)c1C1CCCCC1)C3)C2. The zero-order chi connectivity index (χ0) is 52.7. The molecule has 0 unspecified atom stereocenters. The second-order valence-electron chi connectivity index (χ2n) is 28.3. The first-order valence-electron chi connectivity index (χ1n) is 34.3. The van der Waals surface area contributed by atoms with E-state index in [2.05, 4.69) is 0 Å². The molecule has 0 aromatic heterocycles. The summed E-state index contributed by atoms with van der Waals surface area (Å²) >= 11 is 0. The van der Waals surface area contributed by atoms with Crippen molar-refractivity contribution in [2.45, 2.75) is 330 Å². The number of fused-ring (bicyclic) bond motifs is 4. The molecule has 10 aliphatic carbocycles. The normalized spacial score (nSPS) is 24.0. The second-order valence-corrected chi connectivity index (χ2v) is 28.3. The van der Waals surface area contributed by atoms with E-state index in [1.54, 1.807) is 25.3 Å². The fraction of sp³-hybridized carbons (Fsp3) is 0.730. The number of carbonyl (C=O) groups is 2. The van der Waals surface area contributed by atoms with Crippen molar-refractivity contribution >= 4 is 11.9 Å². The van der Waals surface area contributed by atoms with Crippen LogP contribution in [0, 0.1) is 0 Å². The van der Waals surface area contributed by atoms with E-state index in [-0.39, 0.29) is 23.8 Å². The molecule has 4 heteroatoms. The molecule has 13 rings (SSSR count). The Balaban J connectivity index is 1.12. The summed E-state index contributed by atoms with van der Waals surface area (Å²) in [5.74, 6) is 3.96. The lowest BCUT2D eigenvalue weighted by Gasteiger charge is -2.45. The highest BCUT2D eigenvalue weighted by Crippen LogP contribution is 2.59. The minimum Gasteiger partial charge on any atom is -0.465 e. The Labute approximate surface area is 472 Å². The van der Waals surface area contributed by atoms with Crippen LogP contribution < -0.4 is 0 Å². The maximum atomic E-state index is 14.9. The molecule has 0 amide bonds. The number of esters is 2. The Morgan fingerprint density at radius 2 is 0.397 bits per heavy atom. The minimum absolute atomic E-state index is 0.250. The van der Waals surface area contributed by atoms with Crippen LogP contribution in [0.5, 0.6) is 0 Å². The van der Waals surface area contributed by atoms with Crippen molar-refractivity contribution in [1.29, 1.82) is 0 Å². The first-order valence-corrected chi connectivity index (χ1v) is 34.3. The molecule has 8 fully saturated rings. The molecule has 0 radical (unpaired) electrons. The summed E-state index contributed by atoms with van der Waals surface area (Å²) in [6.07, 6.45) is 57.4. The van der Waals surface area contributed by atoms with Gasteiger partial charge in [-0.25, -0.2) is 9.59 Å². The molecule has 3 aromatic rings. The van der Waals surface area contributed by atoms with Crippen LogP contribution in [-0.4, -0.2) is 26.2 Å². The van der Waals surface area contributed by atoms with E-state index in [4.69, 9.17) is 9.47 Å². The Morgan fingerprint density at radius 1 is 0.231 bits per heavy atom. The summed E-state index contributed by atoms with van der Waals surface area (Å²) in [5, 5.41) is 0. The Bertz CT molecular complexity index is 2470. The first-order chi connectivity index (χ1) is 38.5. The van der Waals surface area contributed by atoms with Crippen LogP contribution in [0.1, 0.15) is 414 Å². The van der Waals surface area contributed by atoms with Crippen LogP contribution in [0.4, 0.5) is 0 Å². The molecule has 0 atom stereocenters.